The van der Waals surface area contributed by atoms with Crippen LogP contribution in [0.25, 0.3) is 0 Å². The molecule has 1 unspecified atom stereocenters. The molecule has 1 aromatic carbocycles. The van der Waals surface area contributed by atoms with Crippen LogP contribution in [-0.2, 0) is 11.3 Å². The van der Waals surface area contributed by atoms with E-state index in [-0.39, 0.29) is 11.9 Å². The first-order valence-electron chi connectivity index (χ1n) is 7.42. The fourth-order valence-electron chi connectivity index (χ4n) is 2.53. The number of rotatable bonds is 8. The van der Waals surface area contributed by atoms with Crippen molar-refractivity contribution in [2.45, 2.75) is 45.3 Å². The normalized spacial score (nSPS) is 16.2. The molecule has 1 N–H and O–H groups in total. The van der Waals surface area contributed by atoms with Crippen molar-refractivity contribution in [3.05, 3.63) is 29.6 Å². The lowest BCUT2D eigenvalue weighted by molar-refractivity contribution is 0.182. The zero-order chi connectivity index (χ0) is 14.5. The van der Waals surface area contributed by atoms with Crippen LogP contribution in [0, 0.1) is 5.82 Å². The summed E-state index contributed by atoms with van der Waals surface area (Å²) in [5.41, 5.74) is 1.94. The van der Waals surface area contributed by atoms with Gasteiger partial charge < -0.3 is 15.0 Å². The number of likely N-dealkylation sites (N-methyl/N-ethyl adjacent to an activating group) is 1. The topological polar surface area (TPSA) is 24.5 Å². The molecule has 1 aliphatic carbocycles. The molecule has 0 bridgehead atoms. The van der Waals surface area contributed by atoms with Gasteiger partial charge >= 0.3 is 0 Å². The van der Waals surface area contributed by atoms with Crippen LogP contribution in [0.2, 0.25) is 0 Å². The zero-order valence-corrected chi connectivity index (χ0v) is 12.7. The van der Waals surface area contributed by atoms with Gasteiger partial charge in [-0.2, -0.15) is 0 Å². The second-order valence-electron chi connectivity index (χ2n) is 5.56. The minimum Gasteiger partial charge on any atom is -0.383 e. The number of anilines is 1. The van der Waals surface area contributed by atoms with E-state index in [1.807, 2.05) is 0 Å². The number of nitrogens with one attached hydrogen (secondary N) is 1. The SMILES string of the molecule is CCN(c1cc(F)cc(CNC2CC2)c1)C(C)COC. The third-order valence-corrected chi connectivity index (χ3v) is 3.73. The van der Waals surface area contributed by atoms with Gasteiger partial charge in [0.1, 0.15) is 5.82 Å². The highest BCUT2D eigenvalue weighted by Crippen LogP contribution is 2.23. The van der Waals surface area contributed by atoms with Gasteiger partial charge in [-0.05, 0) is 50.5 Å². The molecule has 0 heterocycles. The average Bonchev–Trinajstić information content (AvgIpc) is 3.21. The van der Waals surface area contributed by atoms with E-state index in [1.165, 1.54) is 12.8 Å². The quantitative estimate of drug-likeness (QED) is 0.792. The molecule has 1 aromatic rings. The lowest BCUT2D eigenvalue weighted by Crippen LogP contribution is -2.36. The Labute approximate surface area is 121 Å². The van der Waals surface area contributed by atoms with Crippen molar-refractivity contribution >= 4 is 5.69 Å². The predicted octanol–water partition coefficient (Wildman–Crippen LogP) is 2.94. The van der Waals surface area contributed by atoms with E-state index in [0.717, 1.165) is 24.3 Å². The molecule has 4 heteroatoms. The molecule has 1 aliphatic rings. The van der Waals surface area contributed by atoms with Gasteiger partial charge in [0.25, 0.3) is 0 Å². The summed E-state index contributed by atoms with van der Waals surface area (Å²) in [6.07, 6.45) is 2.49. The Morgan fingerprint density at radius 2 is 2.15 bits per heavy atom. The van der Waals surface area contributed by atoms with Gasteiger partial charge in [-0.25, -0.2) is 4.39 Å². The highest BCUT2D eigenvalue weighted by Gasteiger charge is 2.20. The molecule has 0 radical (unpaired) electrons. The Morgan fingerprint density at radius 3 is 2.75 bits per heavy atom. The first-order chi connectivity index (χ1) is 9.63. The molecule has 0 spiro atoms. The van der Waals surface area contributed by atoms with Crippen molar-refractivity contribution in [1.29, 1.82) is 0 Å². The number of hydrogen-bond acceptors (Lipinski definition) is 3. The highest BCUT2D eigenvalue weighted by molar-refractivity contribution is 5.50. The Kier molecular flexibility index (Phi) is 5.38. The van der Waals surface area contributed by atoms with Crippen LogP contribution in [0.1, 0.15) is 32.3 Å². The molecular formula is C16H25FN2O. The zero-order valence-electron chi connectivity index (χ0n) is 12.7. The maximum absolute atomic E-state index is 13.8. The maximum Gasteiger partial charge on any atom is 0.125 e. The predicted molar refractivity (Wildman–Crippen MR) is 80.6 cm³/mol. The minimum atomic E-state index is -0.168. The van der Waals surface area contributed by atoms with E-state index in [9.17, 15) is 4.39 Å². The van der Waals surface area contributed by atoms with Crippen LogP contribution >= 0.6 is 0 Å². The summed E-state index contributed by atoms with van der Waals surface area (Å²) in [5, 5.41) is 3.43. The maximum atomic E-state index is 13.8. The van der Waals surface area contributed by atoms with Crippen molar-refractivity contribution in [3.63, 3.8) is 0 Å². The third kappa shape index (κ3) is 4.18. The molecule has 112 valence electrons. The van der Waals surface area contributed by atoms with E-state index < -0.39 is 0 Å². The van der Waals surface area contributed by atoms with Gasteiger partial charge in [0.2, 0.25) is 0 Å². The molecule has 1 saturated carbocycles. The Bertz CT molecular complexity index is 434. The first kappa shape index (κ1) is 15.3. The summed E-state index contributed by atoms with van der Waals surface area (Å²) in [5.74, 6) is -0.168. The van der Waals surface area contributed by atoms with Crippen LogP contribution in [-0.4, -0.2) is 32.3 Å². The van der Waals surface area contributed by atoms with Crippen molar-refractivity contribution in [1.82, 2.24) is 5.32 Å². The standard InChI is InChI=1S/C16H25FN2O/c1-4-19(12(2)11-20-3)16-8-13(7-14(17)9-16)10-18-15-5-6-15/h7-9,12,15,18H,4-6,10-11H2,1-3H3. The number of nitrogens with zero attached hydrogens (tertiary/aromatic N) is 1. The molecule has 0 aromatic heterocycles. The minimum absolute atomic E-state index is 0.168. The first-order valence-corrected chi connectivity index (χ1v) is 7.42. The van der Waals surface area contributed by atoms with Gasteiger partial charge in [0.05, 0.1) is 6.61 Å². The summed E-state index contributed by atoms with van der Waals surface area (Å²) in [6, 6.07) is 6.17. The number of methoxy groups -OCH3 is 1. The van der Waals surface area contributed by atoms with Crippen LogP contribution in [0.15, 0.2) is 18.2 Å². The molecule has 3 nitrogen and oxygen atoms in total. The van der Waals surface area contributed by atoms with Crippen LogP contribution in [0.4, 0.5) is 10.1 Å². The summed E-state index contributed by atoms with van der Waals surface area (Å²) in [7, 11) is 1.70. The molecule has 0 aliphatic heterocycles. The summed E-state index contributed by atoms with van der Waals surface area (Å²) < 4.78 is 19.0. The van der Waals surface area contributed by atoms with Gasteiger partial charge in [0.15, 0.2) is 0 Å². The Balaban J connectivity index is 2.11. The number of hydrogen-bond donors (Lipinski definition) is 1. The van der Waals surface area contributed by atoms with Crippen molar-refractivity contribution in [3.8, 4) is 0 Å². The molecule has 20 heavy (non-hydrogen) atoms. The Morgan fingerprint density at radius 1 is 1.40 bits per heavy atom. The van der Waals surface area contributed by atoms with E-state index in [0.29, 0.717) is 12.6 Å². The van der Waals surface area contributed by atoms with E-state index >= 15 is 0 Å². The van der Waals surface area contributed by atoms with Gasteiger partial charge in [-0.3, -0.25) is 0 Å². The van der Waals surface area contributed by atoms with E-state index in [4.69, 9.17) is 4.74 Å². The largest absolute Gasteiger partial charge is 0.383 e. The number of benzene rings is 1. The lowest BCUT2D eigenvalue weighted by Gasteiger charge is -2.30. The molecule has 0 amide bonds. The number of ether oxygens (including phenoxy) is 1. The number of halogens is 1. The lowest BCUT2D eigenvalue weighted by atomic mass is 10.1. The van der Waals surface area contributed by atoms with E-state index in [1.54, 1.807) is 19.2 Å². The molecule has 1 atom stereocenters. The highest BCUT2D eigenvalue weighted by atomic mass is 19.1. The monoisotopic (exact) mass is 280 g/mol. The second kappa shape index (κ2) is 7.04. The fourth-order valence-corrected chi connectivity index (χ4v) is 2.53. The molecule has 2 rings (SSSR count). The van der Waals surface area contributed by atoms with Gasteiger partial charge in [-0.15, -0.1) is 0 Å². The van der Waals surface area contributed by atoms with E-state index in [2.05, 4.69) is 30.1 Å². The van der Waals surface area contributed by atoms with Crippen LogP contribution in [0.5, 0.6) is 0 Å². The fraction of sp³-hybridized carbons (Fsp3) is 0.625. The summed E-state index contributed by atoms with van der Waals surface area (Å²) in [4.78, 5) is 2.17. The van der Waals surface area contributed by atoms with Crippen LogP contribution in [0.3, 0.4) is 0 Å². The summed E-state index contributed by atoms with van der Waals surface area (Å²) >= 11 is 0. The Hall–Kier alpha value is -1.13. The smallest absolute Gasteiger partial charge is 0.125 e. The third-order valence-electron chi connectivity index (χ3n) is 3.73. The second-order valence-corrected chi connectivity index (χ2v) is 5.56. The van der Waals surface area contributed by atoms with Crippen molar-refractivity contribution in [2.24, 2.45) is 0 Å². The average molecular weight is 280 g/mol. The molecule has 0 saturated heterocycles. The molecular weight excluding hydrogens is 255 g/mol. The molecule has 1 fully saturated rings. The van der Waals surface area contributed by atoms with Crippen LogP contribution < -0.4 is 10.2 Å². The van der Waals surface area contributed by atoms with Gasteiger partial charge in [-0.1, -0.05) is 0 Å². The van der Waals surface area contributed by atoms with Crippen molar-refractivity contribution < 1.29 is 9.13 Å². The summed E-state index contributed by atoms with van der Waals surface area (Å²) in [6.45, 7) is 6.40. The van der Waals surface area contributed by atoms with Crippen molar-refractivity contribution in [2.75, 3.05) is 25.2 Å². The van der Waals surface area contributed by atoms with Gasteiger partial charge in [0, 0.05) is 38.0 Å².